The summed E-state index contributed by atoms with van der Waals surface area (Å²) in [5.74, 6) is 0.109. The summed E-state index contributed by atoms with van der Waals surface area (Å²) in [7, 11) is 0. The van der Waals surface area contributed by atoms with E-state index in [2.05, 4.69) is 5.32 Å². The predicted octanol–water partition coefficient (Wildman–Crippen LogP) is 4.38. The van der Waals surface area contributed by atoms with Crippen molar-refractivity contribution >= 4 is 35.0 Å². The Hall–Kier alpha value is -1.71. The molecule has 1 amide bonds. The predicted molar refractivity (Wildman–Crippen MR) is 79.5 cm³/mol. The second-order valence-corrected chi connectivity index (χ2v) is 5.23. The number of ether oxygens (including phenoxy) is 1. The molecule has 1 aliphatic rings. The summed E-state index contributed by atoms with van der Waals surface area (Å²) in [6.07, 6.45) is -0.524. The molecule has 1 aliphatic heterocycles. The first-order chi connectivity index (χ1) is 9.65. The molecule has 3 nitrogen and oxygen atoms in total. The molecule has 1 heterocycles. The number of cyclic esters (lactones) is 1. The summed E-state index contributed by atoms with van der Waals surface area (Å²) >= 11 is 12.2. The Balaban J connectivity index is 2.25. The van der Waals surface area contributed by atoms with Crippen LogP contribution in [0.1, 0.15) is 11.1 Å². The lowest BCUT2D eigenvalue weighted by Gasteiger charge is -2.37. The molecule has 1 atom stereocenters. The zero-order valence-corrected chi connectivity index (χ0v) is 11.9. The van der Waals surface area contributed by atoms with Gasteiger partial charge in [0.05, 0.1) is 11.6 Å². The van der Waals surface area contributed by atoms with E-state index in [1.54, 1.807) is 12.1 Å². The van der Waals surface area contributed by atoms with Gasteiger partial charge in [0, 0.05) is 16.1 Å². The van der Waals surface area contributed by atoms with Crippen molar-refractivity contribution in [2.24, 2.45) is 0 Å². The van der Waals surface area contributed by atoms with Crippen molar-refractivity contribution in [3.05, 3.63) is 64.7 Å². The average Bonchev–Trinajstić information content (AvgIpc) is 2.46. The number of hydrogen-bond acceptors (Lipinski definition) is 2. The fraction of sp³-hybridized carbons (Fsp3) is 0.133. The number of fused-ring (bicyclic) bond motifs is 1. The number of carbonyl (C=O) groups is 1. The molecule has 0 spiro atoms. The molecule has 1 N–H and O–H groups in total. The SMILES string of the molecule is O=C1Nc2ccccc2[C@](CCl)(c2cccc(Cl)c2)O1. The van der Waals surface area contributed by atoms with Crippen molar-refractivity contribution in [2.45, 2.75) is 5.60 Å². The number of alkyl halides is 1. The summed E-state index contributed by atoms with van der Waals surface area (Å²) in [5, 5.41) is 3.25. The zero-order valence-electron chi connectivity index (χ0n) is 10.4. The van der Waals surface area contributed by atoms with Crippen LogP contribution in [0.15, 0.2) is 48.5 Å². The van der Waals surface area contributed by atoms with Crippen molar-refractivity contribution in [1.29, 1.82) is 0 Å². The number of hydrogen-bond donors (Lipinski definition) is 1. The maximum Gasteiger partial charge on any atom is 0.412 e. The monoisotopic (exact) mass is 307 g/mol. The minimum Gasteiger partial charge on any atom is -0.431 e. The van der Waals surface area contributed by atoms with Gasteiger partial charge in [-0.05, 0) is 18.2 Å². The van der Waals surface area contributed by atoms with Crippen molar-refractivity contribution in [1.82, 2.24) is 0 Å². The fourth-order valence-corrected chi connectivity index (χ4v) is 2.97. The Morgan fingerprint density at radius 3 is 2.70 bits per heavy atom. The third-order valence-electron chi connectivity index (χ3n) is 3.34. The molecule has 20 heavy (non-hydrogen) atoms. The van der Waals surface area contributed by atoms with E-state index in [1.807, 2.05) is 36.4 Å². The number of anilines is 1. The van der Waals surface area contributed by atoms with Gasteiger partial charge in [-0.2, -0.15) is 0 Å². The van der Waals surface area contributed by atoms with Crippen LogP contribution < -0.4 is 5.32 Å². The van der Waals surface area contributed by atoms with Crippen LogP contribution in [-0.4, -0.2) is 12.0 Å². The zero-order chi connectivity index (χ0) is 14.2. The van der Waals surface area contributed by atoms with E-state index < -0.39 is 11.7 Å². The van der Waals surface area contributed by atoms with Crippen molar-refractivity contribution < 1.29 is 9.53 Å². The standard InChI is InChI=1S/C15H11Cl2NO2/c16-9-15(10-4-3-5-11(17)8-10)12-6-1-2-7-13(12)18-14(19)20-15/h1-8H,9H2,(H,18,19)/t15-/m0/s1. The molecule has 2 aromatic carbocycles. The Labute approximate surface area is 126 Å². The van der Waals surface area contributed by atoms with Crippen LogP contribution in [0, 0.1) is 0 Å². The van der Waals surface area contributed by atoms with Crippen LogP contribution >= 0.6 is 23.2 Å². The van der Waals surface area contributed by atoms with Crippen molar-refractivity contribution in [2.75, 3.05) is 11.2 Å². The van der Waals surface area contributed by atoms with E-state index in [1.165, 1.54) is 0 Å². The molecular formula is C15H11Cl2NO2. The number of para-hydroxylation sites is 1. The summed E-state index contributed by atoms with van der Waals surface area (Å²) in [4.78, 5) is 11.8. The third kappa shape index (κ3) is 2.03. The van der Waals surface area contributed by atoms with Crippen molar-refractivity contribution in [3.8, 4) is 0 Å². The van der Waals surface area contributed by atoms with Gasteiger partial charge in [-0.1, -0.05) is 41.9 Å². The Bertz CT molecular complexity index is 674. The Morgan fingerprint density at radius 2 is 1.95 bits per heavy atom. The second kappa shape index (κ2) is 5.00. The van der Waals surface area contributed by atoms with Crippen LogP contribution in [0.25, 0.3) is 0 Å². The quantitative estimate of drug-likeness (QED) is 0.836. The van der Waals surface area contributed by atoms with Crippen LogP contribution in [0.3, 0.4) is 0 Å². The van der Waals surface area contributed by atoms with Gasteiger partial charge in [0.25, 0.3) is 0 Å². The van der Waals surface area contributed by atoms with Crippen LogP contribution in [0.4, 0.5) is 10.5 Å². The molecule has 0 aromatic heterocycles. The van der Waals surface area contributed by atoms with Crippen LogP contribution in [0.5, 0.6) is 0 Å². The van der Waals surface area contributed by atoms with E-state index in [0.717, 1.165) is 11.1 Å². The largest absolute Gasteiger partial charge is 0.431 e. The van der Waals surface area contributed by atoms with Crippen LogP contribution in [0.2, 0.25) is 5.02 Å². The fourth-order valence-electron chi connectivity index (χ4n) is 2.42. The number of halogens is 2. The molecule has 2 aromatic rings. The van der Waals surface area contributed by atoms with E-state index in [0.29, 0.717) is 10.7 Å². The summed E-state index contributed by atoms with van der Waals surface area (Å²) in [5.41, 5.74) is 1.24. The molecule has 0 saturated heterocycles. The molecule has 0 radical (unpaired) electrons. The number of nitrogens with one attached hydrogen (secondary N) is 1. The Kier molecular flexibility index (Phi) is 3.32. The summed E-state index contributed by atoms with van der Waals surface area (Å²) in [6.45, 7) is 0. The van der Waals surface area contributed by atoms with Gasteiger partial charge in [-0.15, -0.1) is 11.6 Å². The highest BCUT2D eigenvalue weighted by Gasteiger charge is 2.43. The first kappa shape index (κ1) is 13.3. The normalized spacial score (nSPS) is 20.8. The molecular weight excluding hydrogens is 297 g/mol. The maximum atomic E-state index is 11.8. The van der Waals surface area contributed by atoms with Gasteiger partial charge < -0.3 is 4.74 Å². The first-order valence-corrected chi connectivity index (χ1v) is 6.98. The number of benzene rings is 2. The third-order valence-corrected chi connectivity index (χ3v) is 3.96. The smallest absolute Gasteiger partial charge is 0.412 e. The van der Waals surface area contributed by atoms with E-state index in [9.17, 15) is 4.79 Å². The molecule has 0 bridgehead atoms. The summed E-state index contributed by atoms with van der Waals surface area (Å²) in [6, 6.07) is 14.6. The Morgan fingerprint density at radius 1 is 1.15 bits per heavy atom. The van der Waals surface area contributed by atoms with E-state index in [4.69, 9.17) is 27.9 Å². The van der Waals surface area contributed by atoms with Gasteiger partial charge >= 0.3 is 6.09 Å². The van der Waals surface area contributed by atoms with Gasteiger partial charge in [0.1, 0.15) is 0 Å². The van der Waals surface area contributed by atoms with Gasteiger partial charge in [-0.3, -0.25) is 5.32 Å². The molecule has 0 unspecified atom stereocenters. The molecule has 5 heteroatoms. The van der Waals surface area contributed by atoms with Gasteiger partial charge in [0.2, 0.25) is 0 Å². The lowest BCUT2D eigenvalue weighted by Crippen LogP contribution is -2.42. The maximum absolute atomic E-state index is 11.8. The molecule has 0 fully saturated rings. The highest BCUT2D eigenvalue weighted by atomic mass is 35.5. The second-order valence-electron chi connectivity index (χ2n) is 4.53. The lowest BCUT2D eigenvalue weighted by atomic mass is 9.85. The molecule has 3 rings (SSSR count). The van der Waals surface area contributed by atoms with E-state index in [-0.39, 0.29) is 5.88 Å². The minimum absolute atomic E-state index is 0.109. The molecule has 102 valence electrons. The van der Waals surface area contributed by atoms with Crippen LogP contribution in [-0.2, 0) is 10.3 Å². The van der Waals surface area contributed by atoms with Crippen molar-refractivity contribution in [3.63, 3.8) is 0 Å². The minimum atomic E-state index is -1.02. The summed E-state index contributed by atoms with van der Waals surface area (Å²) < 4.78 is 5.55. The van der Waals surface area contributed by atoms with E-state index >= 15 is 0 Å². The molecule has 0 aliphatic carbocycles. The highest BCUT2D eigenvalue weighted by molar-refractivity contribution is 6.30. The average molecular weight is 308 g/mol. The highest BCUT2D eigenvalue weighted by Crippen LogP contribution is 2.42. The number of carbonyl (C=O) groups excluding carboxylic acids is 1. The number of amides is 1. The van der Waals surface area contributed by atoms with Gasteiger partial charge in [0.15, 0.2) is 5.60 Å². The number of rotatable bonds is 2. The lowest BCUT2D eigenvalue weighted by molar-refractivity contribution is 0.0611. The topological polar surface area (TPSA) is 38.3 Å². The van der Waals surface area contributed by atoms with Gasteiger partial charge in [-0.25, -0.2) is 4.79 Å². The molecule has 0 saturated carbocycles. The first-order valence-electron chi connectivity index (χ1n) is 6.07.